The Balaban J connectivity index is 1.91. The lowest BCUT2D eigenvalue weighted by Crippen LogP contribution is -2.39. The summed E-state index contributed by atoms with van der Waals surface area (Å²) in [6, 6.07) is 11.9. The Hall–Kier alpha value is -4.11. The summed E-state index contributed by atoms with van der Waals surface area (Å²) in [6.45, 7) is 7.73. The van der Waals surface area contributed by atoms with Crippen molar-refractivity contribution in [1.82, 2.24) is 4.57 Å². The number of fused-ring (bicyclic) bond motifs is 1. The third-order valence-corrected chi connectivity index (χ3v) is 6.79. The lowest BCUT2D eigenvalue weighted by molar-refractivity contribution is -0.139. The van der Waals surface area contributed by atoms with Crippen LogP contribution >= 0.6 is 11.3 Å². The normalized spacial score (nSPS) is 15.0. The summed E-state index contributed by atoms with van der Waals surface area (Å²) in [6.07, 6.45) is 3.41. The van der Waals surface area contributed by atoms with Crippen LogP contribution in [0.15, 0.2) is 76.2 Å². The number of rotatable bonds is 9. The van der Waals surface area contributed by atoms with E-state index in [9.17, 15) is 9.59 Å². The Bertz CT molecular complexity index is 1530. The van der Waals surface area contributed by atoms with Crippen molar-refractivity contribution in [1.29, 1.82) is 0 Å². The predicted octanol–water partition coefficient (Wildman–Crippen LogP) is 3.38. The zero-order valence-corrected chi connectivity index (χ0v) is 22.0. The average Bonchev–Trinajstić information content (AvgIpc) is 3.21. The highest BCUT2D eigenvalue weighted by Gasteiger charge is 2.33. The molecule has 0 radical (unpaired) electrons. The number of ether oxygens (including phenoxy) is 4. The Morgan fingerprint density at radius 1 is 1.14 bits per heavy atom. The molecule has 3 aromatic rings. The molecule has 2 aromatic carbocycles. The topological polar surface area (TPSA) is 88.4 Å². The molecule has 0 fully saturated rings. The summed E-state index contributed by atoms with van der Waals surface area (Å²) in [7, 11) is 3.14. The van der Waals surface area contributed by atoms with Crippen LogP contribution in [-0.4, -0.2) is 38.0 Å². The first-order valence-corrected chi connectivity index (χ1v) is 12.5. The van der Waals surface area contributed by atoms with Gasteiger partial charge in [0.05, 0.1) is 42.7 Å². The van der Waals surface area contributed by atoms with Crippen LogP contribution in [0.3, 0.4) is 0 Å². The van der Waals surface area contributed by atoms with Gasteiger partial charge in [-0.25, -0.2) is 9.79 Å². The molecule has 0 spiro atoms. The highest BCUT2D eigenvalue weighted by Crippen LogP contribution is 2.32. The Labute approximate surface area is 218 Å². The number of methoxy groups -OCH3 is 2. The average molecular weight is 521 g/mol. The number of carbonyl (C=O) groups excluding carboxylic acids is 1. The van der Waals surface area contributed by atoms with Gasteiger partial charge in [-0.05, 0) is 55.8 Å². The van der Waals surface area contributed by atoms with Gasteiger partial charge in [0.25, 0.3) is 5.56 Å². The maximum absolute atomic E-state index is 13.8. The minimum Gasteiger partial charge on any atom is -0.497 e. The molecule has 0 saturated heterocycles. The van der Waals surface area contributed by atoms with Crippen molar-refractivity contribution in [2.45, 2.75) is 19.9 Å². The molecule has 1 aliphatic heterocycles. The molecule has 9 heteroatoms. The Morgan fingerprint density at radius 2 is 1.86 bits per heavy atom. The van der Waals surface area contributed by atoms with Crippen LogP contribution in [-0.2, 0) is 9.53 Å². The van der Waals surface area contributed by atoms with E-state index in [2.05, 4.69) is 11.6 Å². The minimum atomic E-state index is -0.710. The van der Waals surface area contributed by atoms with Crippen LogP contribution in [0.2, 0.25) is 0 Å². The quantitative estimate of drug-likeness (QED) is 0.318. The van der Waals surface area contributed by atoms with Crippen molar-refractivity contribution in [2.24, 2.45) is 4.99 Å². The fraction of sp³-hybridized carbons (Fsp3) is 0.250. The van der Waals surface area contributed by atoms with Gasteiger partial charge in [-0.1, -0.05) is 36.1 Å². The van der Waals surface area contributed by atoms with E-state index in [1.165, 1.54) is 11.3 Å². The van der Waals surface area contributed by atoms with Crippen molar-refractivity contribution in [3.63, 3.8) is 0 Å². The van der Waals surface area contributed by atoms with Gasteiger partial charge in [-0.2, -0.15) is 0 Å². The second-order valence-corrected chi connectivity index (χ2v) is 9.09. The highest BCUT2D eigenvalue weighted by molar-refractivity contribution is 7.07. The molecule has 2 heterocycles. The molecule has 0 N–H and O–H groups in total. The van der Waals surface area contributed by atoms with E-state index in [1.54, 1.807) is 75.1 Å². The molecular formula is C28H28N2O6S. The number of allylic oxidation sites excluding steroid dienone is 1. The van der Waals surface area contributed by atoms with Gasteiger partial charge in [-0.3, -0.25) is 9.36 Å². The van der Waals surface area contributed by atoms with Gasteiger partial charge in [0.1, 0.15) is 23.9 Å². The summed E-state index contributed by atoms with van der Waals surface area (Å²) in [5.74, 6) is 1.38. The van der Waals surface area contributed by atoms with E-state index in [-0.39, 0.29) is 12.2 Å². The van der Waals surface area contributed by atoms with Crippen molar-refractivity contribution >= 4 is 23.4 Å². The first kappa shape index (κ1) is 26.0. The number of thiazole rings is 1. The van der Waals surface area contributed by atoms with Crippen molar-refractivity contribution < 1.29 is 23.7 Å². The number of benzene rings is 2. The number of carbonyl (C=O) groups is 1. The van der Waals surface area contributed by atoms with Crippen LogP contribution in [0.1, 0.15) is 31.0 Å². The lowest BCUT2D eigenvalue weighted by atomic mass is 9.96. The van der Waals surface area contributed by atoms with E-state index < -0.39 is 12.0 Å². The monoisotopic (exact) mass is 520 g/mol. The fourth-order valence-corrected chi connectivity index (χ4v) is 5.14. The third kappa shape index (κ3) is 5.22. The van der Waals surface area contributed by atoms with Gasteiger partial charge in [0.15, 0.2) is 4.80 Å². The van der Waals surface area contributed by atoms with Crippen LogP contribution in [0, 0.1) is 0 Å². The smallest absolute Gasteiger partial charge is 0.338 e. The molecule has 8 nitrogen and oxygen atoms in total. The number of nitrogens with zero attached hydrogens (tertiary/aromatic N) is 2. The molecule has 1 aromatic heterocycles. The van der Waals surface area contributed by atoms with Crippen molar-refractivity contribution in [3.05, 3.63) is 97.2 Å². The minimum absolute atomic E-state index is 0.205. The number of hydrogen-bond donors (Lipinski definition) is 0. The largest absolute Gasteiger partial charge is 0.497 e. The zero-order valence-electron chi connectivity index (χ0n) is 21.1. The second-order valence-electron chi connectivity index (χ2n) is 8.08. The number of hydrogen-bond acceptors (Lipinski definition) is 8. The molecule has 1 atom stereocenters. The van der Waals surface area contributed by atoms with Gasteiger partial charge >= 0.3 is 5.97 Å². The predicted molar refractivity (Wildman–Crippen MR) is 142 cm³/mol. The summed E-state index contributed by atoms with van der Waals surface area (Å²) in [5, 5.41) is 0. The van der Waals surface area contributed by atoms with Gasteiger partial charge in [0.2, 0.25) is 0 Å². The number of aromatic nitrogens is 1. The summed E-state index contributed by atoms with van der Waals surface area (Å²) >= 11 is 1.24. The Kier molecular flexibility index (Phi) is 7.93. The first-order valence-electron chi connectivity index (χ1n) is 11.7. The van der Waals surface area contributed by atoms with E-state index in [1.807, 2.05) is 12.1 Å². The molecule has 192 valence electrons. The van der Waals surface area contributed by atoms with Crippen LogP contribution in [0.5, 0.6) is 17.2 Å². The van der Waals surface area contributed by atoms with Gasteiger partial charge in [-0.15, -0.1) is 0 Å². The lowest BCUT2D eigenvalue weighted by Gasteiger charge is -2.24. The van der Waals surface area contributed by atoms with E-state index in [4.69, 9.17) is 18.9 Å². The molecule has 1 aliphatic rings. The molecule has 0 saturated carbocycles. The van der Waals surface area contributed by atoms with E-state index in [0.29, 0.717) is 50.0 Å². The van der Waals surface area contributed by atoms with Gasteiger partial charge in [0, 0.05) is 5.56 Å². The first-order chi connectivity index (χ1) is 17.9. The van der Waals surface area contributed by atoms with Crippen molar-refractivity contribution in [3.8, 4) is 17.2 Å². The summed E-state index contributed by atoms with van der Waals surface area (Å²) in [4.78, 5) is 31.9. The fourth-order valence-electron chi connectivity index (χ4n) is 4.10. The summed E-state index contributed by atoms with van der Waals surface area (Å²) in [5.41, 5.74) is 1.96. The van der Waals surface area contributed by atoms with Crippen LogP contribution < -0.4 is 29.1 Å². The van der Waals surface area contributed by atoms with E-state index >= 15 is 0 Å². The third-order valence-electron chi connectivity index (χ3n) is 5.80. The maximum atomic E-state index is 13.8. The molecule has 1 unspecified atom stereocenters. The molecule has 0 bridgehead atoms. The van der Waals surface area contributed by atoms with Crippen LogP contribution in [0.25, 0.3) is 6.08 Å². The maximum Gasteiger partial charge on any atom is 0.338 e. The molecule has 0 amide bonds. The highest BCUT2D eigenvalue weighted by atomic mass is 32.1. The van der Waals surface area contributed by atoms with Crippen molar-refractivity contribution in [2.75, 3.05) is 27.4 Å². The molecule has 37 heavy (non-hydrogen) atoms. The molecule has 4 rings (SSSR count). The molecular weight excluding hydrogens is 492 g/mol. The Morgan fingerprint density at radius 3 is 2.51 bits per heavy atom. The molecule has 0 aliphatic carbocycles. The van der Waals surface area contributed by atoms with Gasteiger partial charge < -0.3 is 18.9 Å². The standard InChI is InChI=1S/C28H28N2O6S/c1-6-14-36-20-10-8-18(9-11-20)25-24(27(32)35-7-2)17(3)29-28-30(25)26(31)23(37-28)16-19-15-21(33-4)12-13-22(19)34-5/h6,8-13,15-16,25H,1,7,14H2,2-5H3/b23-16+. The van der Waals surface area contributed by atoms with Crippen LogP contribution in [0.4, 0.5) is 0 Å². The number of esters is 1. The SMILES string of the molecule is C=CCOc1ccc(C2C(C(=O)OCC)=C(C)N=c3s/c(=C/c4cc(OC)ccc4OC)c(=O)n32)cc1. The summed E-state index contributed by atoms with van der Waals surface area (Å²) < 4.78 is 23.8. The second kappa shape index (κ2) is 11.3. The zero-order chi connectivity index (χ0) is 26.5. The van der Waals surface area contributed by atoms with E-state index in [0.717, 1.165) is 5.56 Å².